The van der Waals surface area contributed by atoms with Crippen LogP contribution in [0.5, 0.6) is 5.75 Å². The van der Waals surface area contributed by atoms with E-state index in [0.29, 0.717) is 5.75 Å². The molecule has 1 heteroatoms. The van der Waals surface area contributed by atoms with Gasteiger partial charge >= 0.3 is 0 Å². The second kappa shape index (κ2) is 4.40. The number of aryl methyl sites for hydroxylation is 2. The van der Waals surface area contributed by atoms with Crippen LogP contribution in [-0.4, -0.2) is 5.11 Å². The molecule has 0 amide bonds. The van der Waals surface area contributed by atoms with Crippen molar-refractivity contribution in [2.45, 2.75) is 20.3 Å². The summed E-state index contributed by atoms with van der Waals surface area (Å²) in [6.07, 6.45) is 0.787. The summed E-state index contributed by atoms with van der Waals surface area (Å²) in [5, 5.41) is 9.77. The molecule has 82 valence electrons. The van der Waals surface area contributed by atoms with E-state index < -0.39 is 0 Å². The monoisotopic (exact) mass is 212 g/mol. The van der Waals surface area contributed by atoms with Crippen molar-refractivity contribution in [3.63, 3.8) is 0 Å². The van der Waals surface area contributed by atoms with Gasteiger partial charge in [-0.25, -0.2) is 0 Å². The van der Waals surface area contributed by atoms with E-state index in [1.165, 1.54) is 16.7 Å². The quantitative estimate of drug-likeness (QED) is 0.806. The van der Waals surface area contributed by atoms with Gasteiger partial charge in [-0.1, -0.05) is 47.5 Å². The molecule has 0 heterocycles. The molecule has 0 saturated carbocycles. The van der Waals surface area contributed by atoms with Crippen molar-refractivity contribution >= 4 is 0 Å². The number of aromatic hydroxyl groups is 1. The Morgan fingerprint density at radius 3 is 2.44 bits per heavy atom. The zero-order chi connectivity index (χ0) is 11.5. The van der Waals surface area contributed by atoms with Gasteiger partial charge < -0.3 is 5.11 Å². The van der Waals surface area contributed by atoms with Gasteiger partial charge in [-0.05, 0) is 31.0 Å². The standard InChI is InChI=1S/C15H16O/c1-11-4-3-5-13(8-11)10-14-9-12(2)6-7-15(14)16/h3-9,16H,10H2,1-2H3. The second-order valence-electron chi connectivity index (χ2n) is 4.30. The summed E-state index contributed by atoms with van der Waals surface area (Å²) in [6.45, 7) is 4.12. The van der Waals surface area contributed by atoms with Crippen molar-refractivity contribution in [3.8, 4) is 5.75 Å². The maximum Gasteiger partial charge on any atom is 0.119 e. The fourth-order valence-corrected chi connectivity index (χ4v) is 1.90. The lowest BCUT2D eigenvalue weighted by atomic mass is 10.0. The van der Waals surface area contributed by atoms with Gasteiger partial charge in [0, 0.05) is 6.42 Å². The highest BCUT2D eigenvalue weighted by molar-refractivity contribution is 5.39. The number of benzene rings is 2. The number of phenolic OH excluding ortho intramolecular Hbond substituents is 1. The van der Waals surface area contributed by atoms with E-state index in [4.69, 9.17) is 0 Å². The minimum atomic E-state index is 0.382. The van der Waals surface area contributed by atoms with Crippen LogP contribution in [0, 0.1) is 13.8 Å². The number of hydrogen-bond acceptors (Lipinski definition) is 1. The summed E-state index contributed by atoms with van der Waals surface area (Å²) in [7, 11) is 0. The molecule has 2 aromatic rings. The molecule has 2 rings (SSSR count). The lowest BCUT2D eigenvalue weighted by molar-refractivity contribution is 0.469. The SMILES string of the molecule is Cc1cccc(Cc2cc(C)ccc2O)c1. The van der Waals surface area contributed by atoms with Gasteiger partial charge in [0.1, 0.15) is 5.75 Å². The molecule has 0 aliphatic rings. The highest BCUT2D eigenvalue weighted by Gasteiger charge is 2.02. The fraction of sp³-hybridized carbons (Fsp3) is 0.200. The summed E-state index contributed by atoms with van der Waals surface area (Å²) >= 11 is 0. The fourth-order valence-electron chi connectivity index (χ4n) is 1.90. The topological polar surface area (TPSA) is 20.2 Å². The minimum Gasteiger partial charge on any atom is -0.508 e. The lowest BCUT2D eigenvalue weighted by Gasteiger charge is -2.06. The first kappa shape index (κ1) is 10.7. The summed E-state index contributed by atoms with van der Waals surface area (Å²) in [4.78, 5) is 0. The molecule has 0 aromatic heterocycles. The summed E-state index contributed by atoms with van der Waals surface area (Å²) < 4.78 is 0. The molecule has 0 atom stereocenters. The molecule has 0 aliphatic carbocycles. The highest BCUT2D eigenvalue weighted by Crippen LogP contribution is 2.21. The van der Waals surface area contributed by atoms with E-state index in [1.807, 2.05) is 19.1 Å². The predicted octanol–water partition coefficient (Wildman–Crippen LogP) is 3.60. The lowest BCUT2D eigenvalue weighted by Crippen LogP contribution is -1.90. The number of hydrogen-bond donors (Lipinski definition) is 1. The van der Waals surface area contributed by atoms with Crippen LogP contribution in [0.2, 0.25) is 0 Å². The molecular weight excluding hydrogens is 196 g/mol. The van der Waals surface area contributed by atoms with E-state index in [1.54, 1.807) is 6.07 Å². The van der Waals surface area contributed by atoms with Crippen LogP contribution in [0.25, 0.3) is 0 Å². The number of phenols is 1. The van der Waals surface area contributed by atoms with Crippen molar-refractivity contribution in [3.05, 3.63) is 64.7 Å². The normalized spacial score (nSPS) is 10.4. The molecule has 0 spiro atoms. The van der Waals surface area contributed by atoms with Gasteiger partial charge in [0.2, 0.25) is 0 Å². The van der Waals surface area contributed by atoms with Crippen LogP contribution < -0.4 is 0 Å². The third-order valence-corrected chi connectivity index (χ3v) is 2.71. The Balaban J connectivity index is 2.30. The first-order valence-electron chi connectivity index (χ1n) is 5.49. The van der Waals surface area contributed by atoms with Crippen LogP contribution in [0.1, 0.15) is 22.3 Å². The largest absolute Gasteiger partial charge is 0.508 e. The molecule has 2 aromatic carbocycles. The van der Waals surface area contributed by atoms with Crippen LogP contribution in [0.15, 0.2) is 42.5 Å². The Bertz CT molecular complexity index is 501. The smallest absolute Gasteiger partial charge is 0.119 e. The van der Waals surface area contributed by atoms with E-state index in [0.717, 1.165) is 12.0 Å². The maximum absolute atomic E-state index is 9.77. The van der Waals surface area contributed by atoms with Gasteiger partial charge in [0.15, 0.2) is 0 Å². The van der Waals surface area contributed by atoms with Gasteiger partial charge in [0.25, 0.3) is 0 Å². The van der Waals surface area contributed by atoms with Crippen molar-refractivity contribution in [1.29, 1.82) is 0 Å². The maximum atomic E-state index is 9.77. The number of rotatable bonds is 2. The first-order chi connectivity index (χ1) is 7.65. The molecule has 0 aliphatic heterocycles. The third kappa shape index (κ3) is 2.43. The molecule has 0 saturated heterocycles. The first-order valence-corrected chi connectivity index (χ1v) is 5.49. The average molecular weight is 212 g/mol. The van der Waals surface area contributed by atoms with E-state index >= 15 is 0 Å². The van der Waals surface area contributed by atoms with Crippen molar-refractivity contribution in [2.75, 3.05) is 0 Å². The minimum absolute atomic E-state index is 0.382. The summed E-state index contributed by atoms with van der Waals surface area (Å²) in [6, 6.07) is 14.1. The molecular formula is C15H16O. The Morgan fingerprint density at radius 1 is 0.938 bits per heavy atom. The third-order valence-electron chi connectivity index (χ3n) is 2.71. The Morgan fingerprint density at radius 2 is 1.69 bits per heavy atom. The van der Waals surface area contributed by atoms with Crippen LogP contribution in [-0.2, 0) is 6.42 Å². The van der Waals surface area contributed by atoms with Crippen molar-refractivity contribution < 1.29 is 5.11 Å². The van der Waals surface area contributed by atoms with E-state index in [2.05, 4.69) is 31.2 Å². The molecule has 0 bridgehead atoms. The molecule has 1 N–H and O–H groups in total. The summed E-state index contributed by atoms with van der Waals surface area (Å²) in [5.41, 5.74) is 4.66. The van der Waals surface area contributed by atoms with Crippen LogP contribution in [0.3, 0.4) is 0 Å². The van der Waals surface area contributed by atoms with Gasteiger partial charge in [-0.15, -0.1) is 0 Å². The zero-order valence-electron chi connectivity index (χ0n) is 9.70. The molecule has 16 heavy (non-hydrogen) atoms. The second-order valence-corrected chi connectivity index (χ2v) is 4.30. The van der Waals surface area contributed by atoms with Crippen molar-refractivity contribution in [2.24, 2.45) is 0 Å². The molecule has 1 nitrogen and oxygen atoms in total. The highest BCUT2D eigenvalue weighted by atomic mass is 16.3. The Hall–Kier alpha value is -1.76. The van der Waals surface area contributed by atoms with Crippen molar-refractivity contribution in [1.82, 2.24) is 0 Å². The van der Waals surface area contributed by atoms with Gasteiger partial charge in [0.05, 0.1) is 0 Å². The van der Waals surface area contributed by atoms with Gasteiger partial charge in [-0.2, -0.15) is 0 Å². The molecule has 0 unspecified atom stereocenters. The zero-order valence-corrected chi connectivity index (χ0v) is 9.70. The van der Waals surface area contributed by atoms with E-state index in [-0.39, 0.29) is 0 Å². The van der Waals surface area contributed by atoms with Crippen LogP contribution in [0.4, 0.5) is 0 Å². The summed E-state index contributed by atoms with van der Waals surface area (Å²) in [5.74, 6) is 0.382. The Labute approximate surface area is 96.4 Å². The van der Waals surface area contributed by atoms with Gasteiger partial charge in [-0.3, -0.25) is 0 Å². The van der Waals surface area contributed by atoms with Crippen LogP contribution >= 0.6 is 0 Å². The van der Waals surface area contributed by atoms with E-state index in [9.17, 15) is 5.11 Å². The average Bonchev–Trinajstić information content (AvgIpc) is 2.24. The Kier molecular flexibility index (Phi) is 2.95. The molecule has 0 radical (unpaired) electrons. The molecule has 0 fully saturated rings. The predicted molar refractivity (Wildman–Crippen MR) is 66.8 cm³/mol.